The summed E-state index contributed by atoms with van der Waals surface area (Å²) in [6.45, 7) is 13.9. The maximum absolute atomic E-state index is 6.66. The summed E-state index contributed by atoms with van der Waals surface area (Å²) in [5, 5.41) is 0. The number of rotatable bonds is 18. The molecule has 1 nitrogen and oxygen atoms in total. The lowest BCUT2D eigenvalue weighted by Crippen LogP contribution is -2.11. The maximum atomic E-state index is 6.66. The number of fused-ring (bicyclic) bond motifs is 1. The van der Waals surface area contributed by atoms with Gasteiger partial charge in [0.2, 0.25) is 0 Å². The first-order chi connectivity index (χ1) is 25.3. The molecule has 0 fully saturated rings. The normalized spacial score (nSPS) is 18.5. The quantitative estimate of drug-likeness (QED) is 0.103. The van der Waals surface area contributed by atoms with Crippen LogP contribution < -0.4 is 5.73 Å². The molecule has 0 bridgehead atoms. The molecule has 0 saturated carbocycles. The highest BCUT2D eigenvalue weighted by molar-refractivity contribution is 5.75. The molecule has 1 aliphatic carbocycles. The summed E-state index contributed by atoms with van der Waals surface area (Å²) in [7, 11) is 0. The van der Waals surface area contributed by atoms with Gasteiger partial charge in [0.25, 0.3) is 0 Å². The van der Waals surface area contributed by atoms with Crippen LogP contribution in [0.15, 0.2) is 103 Å². The predicted molar refractivity (Wildman–Crippen MR) is 229 cm³/mol. The van der Waals surface area contributed by atoms with Crippen molar-refractivity contribution in [3.63, 3.8) is 0 Å². The van der Waals surface area contributed by atoms with Gasteiger partial charge in [-0.2, -0.15) is 0 Å². The Labute approximate surface area is 317 Å². The molecular weight excluding hydrogens is 627 g/mol. The van der Waals surface area contributed by atoms with Crippen molar-refractivity contribution in [3.8, 4) is 22.3 Å². The Bertz CT molecular complexity index is 1660. The third-order valence-electron chi connectivity index (χ3n) is 12.0. The average Bonchev–Trinajstić information content (AvgIpc) is 3.17. The summed E-state index contributed by atoms with van der Waals surface area (Å²) in [6.07, 6.45) is 22.9. The van der Waals surface area contributed by atoms with Crippen LogP contribution in [-0.4, -0.2) is 0 Å². The fourth-order valence-electron chi connectivity index (χ4n) is 8.20. The molecule has 0 aliphatic heterocycles. The zero-order chi connectivity index (χ0) is 36.9. The second-order valence-electron chi connectivity index (χ2n) is 16.0. The largest absolute Gasteiger partial charge is 0.398 e. The molecule has 276 valence electrons. The minimum atomic E-state index is 0.418. The van der Waals surface area contributed by atoms with Crippen molar-refractivity contribution in [1.82, 2.24) is 0 Å². The summed E-state index contributed by atoms with van der Waals surface area (Å²) < 4.78 is 0. The van der Waals surface area contributed by atoms with Crippen molar-refractivity contribution in [2.24, 2.45) is 23.5 Å². The van der Waals surface area contributed by atoms with Crippen molar-refractivity contribution in [3.05, 3.63) is 137 Å². The zero-order valence-corrected chi connectivity index (χ0v) is 33.4. The van der Waals surface area contributed by atoms with E-state index < -0.39 is 0 Å². The van der Waals surface area contributed by atoms with Crippen LogP contribution in [0.2, 0.25) is 0 Å². The topological polar surface area (TPSA) is 26.0 Å². The average molecular weight is 694 g/mol. The first-order valence-electron chi connectivity index (χ1n) is 20.9. The van der Waals surface area contributed by atoms with Crippen molar-refractivity contribution < 1.29 is 0 Å². The Morgan fingerprint density at radius 3 is 1.58 bits per heavy atom. The Hall–Kier alpha value is -3.84. The highest BCUT2D eigenvalue weighted by Crippen LogP contribution is 2.35. The van der Waals surface area contributed by atoms with E-state index in [4.69, 9.17) is 5.73 Å². The summed E-state index contributed by atoms with van der Waals surface area (Å²) in [6, 6.07) is 33.2. The van der Waals surface area contributed by atoms with Gasteiger partial charge in [0.15, 0.2) is 0 Å². The van der Waals surface area contributed by atoms with E-state index in [9.17, 15) is 0 Å². The summed E-state index contributed by atoms with van der Waals surface area (Å²) >= 11 is 0. The monoisotopic (exact) mass is 694 g/mol. The summed E-state index contributed by atoms with van der Waals surface area (Å²) in [5.74, 6) is 2.43. The van der Waals surface area contributed by atoms with Gasteiger partial charge in [-0.25, -0.2) is 0 Å². The maximum Gasteiger partial charge on any atom is 0.0390 e. The lowest BCUT2D eigenvalue weighted by atomic mass is 9.82. The van der Waals surface area contributed by atoms with Crippen LogP contribution in [0.3, 0.4) is 0 Å². The van der Waals surface area contributed by atoms with Gasteiger partial charge in [-0.15, -0.1) is 0 Å². The number of allylic oxidation sites excluding steroid dienone is 3. The van der Waals surface area contributed by atoms with Crippen molar-refractivity contribution >= 4 is 5.70 Å². The summed E-state index contributed by atoms with van der Waals surface area (Å²) in [5.41, 5.74) is 20.8. The van der Waals surface area contributed by atoms with Crippen molar-refractivity contribution in [2.45, 2.75) is 131 Å². The molecule has 0 radical (unpaired) electrons. The predicted octanol–water partition coefficient (Wildman–Crippen LogP) is 14.5. The van der Waals surface area contributed by atoms with E-state index in [1.54, 1.807) is 0 Å². The van der Waals surface area contributed by atoms with Gasteiger partial charge in [0, 0.05) is 11.3 Å². The molecule has 1 aliphatic rings. The third-order valence-corrected chi connectivity index (χ3v) is 12.0. The fraction of sp³-hybridized carbons (Fsp3) is 0.451. The minimum absolute atomic E-state index is 0.418. The lowest BCUT2D eigenvalue weighted by Gasteiger charge is -2.23. The minimum Gasteiger partial charge on any atom is -0.398 e. The number of nitrogens with two attached hydrogens (primary N) is 1. The molecule has 0 amide bonds. The van der Waals surface area contributed by atoms with Crippen LogP contribution in [-0.2, 0) is 19.3 Å². The molecule has 1 heteroatoms. The Kier molecular flexibility index (Phi) is 15.0. The van der Waals surface area contributed by atoms with Gasteiger partial charge >= 0.3 is 0 Å². The second-order valence-corrected chi connectivity index (χ2v) is 16.0. The van der Waals surface area contributed by atoms with Gasteiger partial charge < -0.3 is 5.73 Å². The molecule has 0 aromatic heterocycles. The van der Waals surface area contributed by atoms with E-state index in [2.05, 4.69) is 145 Å². The molecule has 0 heterocycles. The Morgan fingerprint density at radius 2 is 1.08 bits per heavy atom. The number of unbranched alkanes of at least 4 members (excludes halogenated alkanes) is 4. The van der Waals surface area contributed by atoms with Crippen molar-refractivity contribution in [1.29, 1.82) is 0 Å². The Balaban J connectivity index is 1.45. The molecule has 2 N–H and O–H groups in total. The van der Waals surface area contributed by atoms with Gasteiger partial charge in [-0.05, 0) is 111 Å². The van der Waals surface area contributed by atoms with Gasteiger partial charge in [-0.1, -0.05) is 191 Å². The fourth-order valence-corrected chi connectivity index (χ4v) is 8.20. The van der Waals surface area contributed by atoms with Gasteiger partial charge in [0.05, 0.1) is 0 Å². The molecule has 4 atom stereocenters. The molecule has 4 aromatic rings. The standard InChI is InChI=1S/C51H67N/c1-7-11-13-17-39(9-3)30-41-20-25-45(26-21-41)47-33-44(32-43-24-29-49-38(6)37(5)16-15-19-51(52)50(49)35-43)34-48(36-47)46-27-22-42(23-28-46)31-40(10-4)18-14-12-8-2/h15-16,19-29,33-40H,7-14,17-18,30-32,52H2,1-6H3/b16-15-,51-19-. The van der Waals surface area contributed by atoms with Crippen LogP contribution in [0.4, 0.5) is 0 Å². The van der Waals surface area contributed by atoms with E-state index in [1.807, 2.05) is 0 Å². The summed E-state index contributed by atoms with van der Waals surface area (Å²) in [4.78, 5) is 0. The number of hydrogen-bond acceptors (Lipinski definition) is 1. The van der Waals surface area contributed by atoms with E-state index >= 15 is 0 Å². The third kappa shape index (κ3) is 10.8. The number of hydrogen-bond donors (Lipinski definition) is 1. The van der Waals surface area contributed by atoms with Crippen LogP contribution in [0.5, 0.6) is 0 Å². The lowest BCUT2D eigenvalue weighted by molar-refractivity contribution is 0.442. The van der Waals surface area contributed by atoms with Gasteiger partial charge in [-0.3, -0.25) is 0 Å². The van der Waals surface area contributed by atoms with Crippen LogP contribution in [0.1, 0.15) is 145 Å². The molecule has 0 saturated heterocycles. The Morgan fingerprint density at radius 1 is 0.558 bits per heavy atom. The van der Waals surface area contributed by atoms with E-state index in [-0.39, 0.29) is 0 Å². The van der Waals surface area contributed by atoms with E-state index in [0.29, 0.717) is 11.8 Å². The second kappa shape index (κ2) is 19.8. The van der Waals surface area contributed by atoms with E-state index in [1.165, 1.54) is 133 Å². The van der Waals surface area contributed by atoms with E-state index in [0.717, 1.165) is 24.0 Å². The molecule has 4 aromatic carbocycles. The molecule has 5 rings (SSSR count). The molecular formula is C51H67N. The zero-order valence-electron chi connectivity index (χ0n) is 33.4. The van der Waals surface area contributed by atoms with Crippen LogP contribution in [0.25, 0.3) is 28.0 Å². The van der Waals surface area contributed by atoms with Crippen molar-refractivity contribution in [2.75, 3.05) is 0 Å². The highest BCUT2D eigenvalue weighted by Gasteiger charge is 2.19. The number of benzene rings is 4. The smallest absolute Gasteiger partial charge is 0.0390 e. The highest BCUT2D eigenvalue weighted by atomic mass is 14.6. The SMILES string of the molecule is CCCCCC(CC)Cc1ccc(-c2cc(Cc3ccc4c(c3)/C(N)=C/C=C\C(C)C4C)cc(-c3ccc(CC(CC)CCCCC)cc3)c2)cc1. The molecule has 0 spiro atoms. The first kappa shape index (κ1) is 39.4. The first-order valence-corrected chi connectivity index (χ1v) is 20.9. The molecule has 52 heavy (non-hydrogen) atoms. The van der Waals surface area contributed by atoms with Crippen LogP contribution in [0, 0.1) is 17.8 Å². The van der Waals surface area contributed by atoms with Gasteiger partial charge in [0.1, 0.15) is 0 Å². The molecule has 4 unspecified atom stereocenters. The van der Waals surface area contributed by atoms with Crippen LogP contribution >= 0.6 is 0 Å².